The number of hydrogen-bond donors (Lipinski definition) is 2. The molecule has 96 valence electrons. The second-order valence-electron chi connectivity index (χ2n) is 3.72. The molecule has 0 bridgehead atoms. The molecule has 0 fully saturated rings. The van der Waals surface area contributed by atoms with Crippen molar-refractivity contribution in [3.8, 4) is 0 Å². The van der Waals surface area contributed by atoms with Gasteiger partial charge in [0.05, 0.1) is 6.10 Å². The van der Waals surface area contributed by atoms with Crippen LogP contribution in [0, 0.1) is 0 Å². The summed E-state index contributed by atoms with van der Waals surface area (Å²) in [4.78, 5) is 7.76. The van der Waals surface area contributed by atoms with Gasteiger partial charge in [-0.25, -0.2) is 9.97 Å². The molecule has 4 nitrogen and oxygen atoms in total. The zero-order valence-electron chi connectivity index (χ0n) is 9.33. The molecule has 0 saturated heterocycles. The molecule has 1 aromatic rings. The fraction of sp³-hybridized carbons (Fsp3) is 0.600. The van der Waals surface area contributed by atoms with E-state index in [1.807, 2.05) is 0 Å². The molecule has 0 radical (unpaired) electrons. The Labute approximate surface area is 96.9 Å². The van der Waals surface area contributed by atoms with Crippen molar-refractivity contribution in [2.24, 2.45) is 0 Å². The van der Waals surface area contributed by atoms with Gasteiger partial charge < -0.3 is 10.4 Å². The molecule has 0 unspecified atom stereocenters. The Balaban J connectivity index is 2.54. The second kappa shape index (κ2) is 5.81. The summed E-state index contributed by atoms with van der Waals surface area (Å²) in [6.07, 6.45) is -4.44. The van der Waals surface area contributed by atoms with Crippen molar-refractivity contribution in [2.45, 2.75) is 32.0 Å². The molecule has 0 saturated carbocycles. The molecule has 0 aliphatic carbocycles. The molecule has 1 aromatic heterocycles. The lowest BCUT2D eigenvalue weighted by Gasteiger charge is -2.08. The second-order valence-corrected chi connectivity index (χ2v) is 3.72. The Morgan fingerprint density at radius 2 is 2.18 bits per heavy atom. The predicted molar refractivity (Wildman–Crippen MR) is 56.6 cm³/mol. The SMILES string of the molecule is C[C@H](O)CNc1nccc(CCC(F)(F)F)n1. The summed E-state index contributed by atoms with van der Waals surface area (Å²) in [5.74, 6) is 0.227. The van der Waals surface area contributed by atoms with E-state index >= 15 is 0 Å². The maximum absolute atomic E-state index is 12.0. The molecule has 1 rings (SSSR count). The molecular weight excluding hydrogens is 235 g/mol. The van der Waals surface area contributed by atoms with E-state index in [9.17, 15) is 13.2 Å². The molecule has 0 amide bonds. The minimum Gasteiger partial charge on any atom is -0.392 e. The number of hydrogen-bond acceptors (Lipinski definition) is 4. The fourth-order valence-electron chi connectivity index (χ4n) is 1.13. The minimum absolute atomic E-state index is 0.171. The maximum atomic E-state index is 12.0. The van der Waals surface area contributed by atoms with E-state index in [4.69, 9.17) is 5.11 Å². The predicted octanol–water partition coefficient (Wildman–Crippen LogP) is 1.76. The normalized spacial score (nSPS) is 13.5. The first-order valence-electron chi connectivity index (χ1n) is 5.17. The number of aromatic nitrogens is 2. The van der Waals surface area contributed by atoms with Crippen LogP contribution in [0.4, 0.5) is 19.1 Å². The molecule has 1 heterocycles. The number of anilines is 1. The van der Waals surface area contributed by atoms with Crippen molar-refractivity contribution in [3.05, 3.63) is 18.0 Å². The number of aliphatic hydroxyl groups is 1. The van der Waals surface area contributed by atoms with Gasteiger partial charge in [-0.3, -0.25) is 0 Å². The average Bonchev–Trinajstić information content (AvgIpc) is 2.23. The van der Waals surface area contributed by atoms with Gasteiger partial charge in [0, 0.05) is 24.9 Å². The number of aryl methyl sites for hydroxylation is 1. The van der Waals surface area contributed by atoms with Gasteiger partial charge in [0.1, 0.15) is 0 Å². The highest BCUT2D eigenvalue weighted by molar-refractivity contribution is 5.25. The van der Waals surface area contributed by atoms with Crippen LogP contribution in [0.5, 0.6) is 0 Å². The van der Waals surface area contributed by atoms with E-state index in [1.54, 1.807) is 6.92 Å². The van der Waals surface area contributed by atoms with Crippen molar-refractivity contribution in [1.82, 2.24) is 9.97 Å². The third kappa shape index (κ3) is 6.06. The van der Waals surface area contributed by atoms with Crippen LogP contribution in [0.2, 0.25) is 0 Å². The lowest BCUT2D eigenvalue weighted by molar-refractivity contribution is -0.134. The highest BCUT2D eigenvalue weighted by Crippen LogP contribution is 2.21. The first kappa shape index (κ1) is 13.7. The summed E-state index contributed by atoms with van der Waals surface area (Å²) < 4.78 is 36.0. The topological polar surface area (TPSA) is 58.0 Å². The largest absolute Gasteiger partial charge is 0.392 e. The highest BCUT2D eigenvalue weighted by atomic mass is 19.4. The van der Waals surface area contributed by atoms with Gasteiger partial charge in [-0.15, -0.1) is 0 Å². The van der Waals surface area contributed by atoms with Crippen molar-refractivity contribution in [1.29, 1.82) is 0 Å². The van der Waals surface area contributed by atoms with Crippen LogP contribution >= 0.6 is 0 Å². The average molecular weight is 249 g/mol. The van der Waals surface area contributed by atoms with Gasteiger partial charge in [0.15, 0.2) is 0 Å². The fourth-order valence-corrected chi connectivity index (χ4v) is 1.13. The van der Waals surface area contributed by atoms with Crippen LogP contribution in [-0.2, 0) is 6.42 Å². The summed E-state index contributed by atoms with van der Waals surface area (Å²) in [6, 6.07) is 1.44. The molecule has 0 aliphatic rings. The van der Waals surface area contributed by atoms with E-state index in [1.165, 1.54) is 12.3 Å². The quantitative estimate of drug-likeness (QED) is 0.835. The van der Waals surface area contributed by atoms with E-state index in [0.29, 0.717) is 5.69 Å². The molecule has 7 heteroatoms. The first-order valence-corrected chi connectivity index (χ1v) is 5.17. The number of alkyl halides is 3. The molecule has 0 aromatic carbocycles. The van der Waals surface area contributed by atoms with E-state index in [-0.39, 0.29) is 18.9 Å². The Bertz CT molecular complexity index is 355. The summed E-state index contributed by atoms with van der Waals surface area (Å²) in [5, 5.41) is 11.8. The van der Waals surface area contributed by atoms with Crippen molar-refractivity contribution in [2.75, 3.05) is 11.9 Å². The van der Waals surface area contributed by atoms with Crippen LogP contribution < -0.4 is 5.32 Å². The minimum atomic E-state index is -4.18. The van der Waals surface area contributed by atoms with Crippen molar-refractivity contribution < 1.29 is 18.3 Å². The zero-order valence-corrected chi connectivity index (χ0v) is 9.33. The number of rotatable bonds is 5. The third-order valence-electron chi connectivity index (χ3n) is 1.93. The summed E-state index contributed by atoms with van der Waals surface area (Å²) in [7, 11) is 0. The van der Waals surface area contributed by atoms with Crippen molar-refractivity contribution >= 4 is 5.95 Å². The van der Waals surface area contributed by atoms with Gasteiger partial charge in [0.25, 0.3) is 0 Å². The van der Waals surface area contributed by atoms with Gasteiger partial charge in [-0.1, -0.05) is 0 Å². The molecule has 1 atom stereocenters. The Morgan fingerprint density at radius 3 is 2.76 bits per heavy atom. The summed E-state index contributed by atoms with van der Waals surface area (Å²) in [5.41, 5.74) is 0.324. The Kier molecular flexibility index (Phi) is 4.68. The summed E-state index contributed by atoms with van der Waals surface area (Å²) in [6.45, 7) is 1.84. The number of halogens is 3. The molecule has 0 aliphatic heterocycles. The highest BCUT2D eigenvalue weighted by Gasteiger charge is 2.26. The van der Waals surface area contributed by atoms with Gasteiger partial charge >= 0.3 is 6.18 Å². The van der Waals surface area contributed by atoms with E-state index < -0.39 is 18.7 Å². The Hall–Kier alpha value is -1.37. The molecule has 0 spiro atoms. The van der Waals surface area contributed by atoms with Gasteiger partial charge in [0.2, 0.25) is 5.95 Å². The monoisotopic (exact) mass is 249 g/mol. The standard InChI is InChI=1S/C10H14F3N3O/c1-7(17)6-15-9-14-5-3-8(16-9)2-4-10(11,12)13/h3,5,7,17H,2,4,6H2,1H3,(H,14,15,16)/t7-/m0/s1. The van der Waals surface area contributed by atoms with Gasteiger partial charge in [-0.05, 0) is 19.4 Å². The smallest absolute Gasteiger partial charge is 0.389 e. The van der Waals surface area contributed by atoms with Crippen LogP contribution in [0.25, 0.3) is 0 Å². The van der Waals surface area contributed by atoms with Gasteiger partial charge in [-0.2, -0.15) is 13.2 Å². The first-order chi connectivity index (χ1) is 7.87. The lowest BCUT2D eigenvalue weighted by atomic mass is 10.2. The third-order valence-corrected chi connectivity index (χ3v) is 1.93. The number of nitrogens with one attached hydrogen (secondary N) is 1. The van der Waals surface area contributed by atoms with E-state index in [2.05, 4.69) is 15.3 Å². The molecule has 2 N–H and O–H groups in total. The number of nitrogens with zero attached hydrogens (tertiary/aromatic N) is 2. The van der Waals surface area contributed by atoms with E-state index in [0.717, 1.165) is 0 Å². The zero-order chi connectivity index (χ0) is 12.9. The van der Waals surface area contributed by atoms with Crippen LogP contribution in [0.15, 0.2) is 12.3 Å². The lowest BCUT2D eigenvalue weighted by Crippen LogP contribution is -2.17. The number of aliphatic hydroxyl groups excluding tert-OH is 1. The van der Waals surface area contributed by atoms with Crippen LogP contribution in [-0.4, -0.2) is 33.9 Å². The maximum Gasteiger partial charge on any atom is 0.389 e. The molecule has 17 heavy (non-hydrogen) atoms. The van der Waals surface area contributed by atoms with Crippen LogP contribution in [0.1, 0.15) is 19.0 Å². The summed E-state index contributed by atoms with van der Waals surface area (Å²) >= 11 is 0. The van der Waals surface area contributed by atoms with Crippen molar-refractivity contribution in [3.63, 3.8) is 0 Å². The molecular formula is C10H14F3N3O. The Morgan fingerprint density at radius 1 is 1.47 bits per heavy atom. The van der Waals surface area contributed by atoms with Crippen LogP contribution in [0.3, 0.4) is 0 Å².